The van der Waals surface area contributed by atoms with Gasteiger partial charge < -0.3 is 27.0 Å². The van der Waals surface area contributed by atoms with Crippen LogP contribution >= 0.6 is 0 Å². The Labute approximate surface area is 109 Å². The van der Waals surface area contributed by atoms with Crippen LogP contribution in [0.4, 0.5) is 26.3 Å². The predicted molar refractivity (Wildman–Crippen MR) is 57.3 cm³/mol. The van der Waals surface area contributed by atoms with Crippen molar-refractivity contribution in [3.05, 3.63) is 29.3 Å². The van der Waals surface area contributed by atoms with Gasteiger partial charge in [0, 0.05) is 0 Å². The first kappa shape index (κ1) is 20.8. The third kappa shape index (κ3) is 5.65. The van der Waals surface area contributed by atoms with E-state index in [9.17, 15) is 26.3 Å². The summed E-state index contributed by atoms with van der Waals surface area (Å²) in [5.41, 5.74) is -3.21. The SMILES string of the molecule is N.N.OB(O)Oc1cc(C(F)(F)F)cc(C(F)(F)F)c1. The van der Waals surface area contributed by atoms with Crippen LogP contribution in [0.5, 0.6) is 5.75 Å². The van der Waals surface area contributed by atoms with Crippen molar-refractivity contribution in [3.63, 3.8) is 0 Å². The van der Waals surface area contributed by atoms with Crippen molar-refractivity contribution < 1.29 is 41.0 Å². The summed E-state index contributed by atoms with van der Waals surface area (Å²) >= 11 is 0. The molecule has 0 aliphatic heterocycles. The second-order valence-corrected chi connectivity index (χ2v) is 3.19. The number of hydrogen-bond acceptors (Lipinski definition) is 5. The molecule has 0 unspecified atom stereocenters. The minimum atomic E-state index is -5.01. The lowest BCUT2D eigenvalue weighted by atomic mass is 10.1. The lowest BCUT2D eigenvalue weighted by Gasteiger charge is -2.14. The Morgan fingerprint density at radius 3 is 1.40 bits per heavy atom. The molecule has 0 saturated heterocycles. The van der Waals surface area contributed by atoms with Crippen LogP contribution < -0.4 is 17.0 Å². The molecule has 0 bridgehead atoms. The molecule has 0 fully saturated rings. The van der Waals surface area contributed by atoms with E-state index in [2.05, 4.69) is 4.65 Å². The Kier molecular flexibility index (Phi) is 7.06. The molecule has 0 amide bonds. The highest BCUT2D eigenvalue weighted by atomic mass is 19.4. The fraction of sp³-hybridized carbons (Fsp3) is 0.250. The van der Waals surface area contributed by atoms with E-state index in [1.54, 1.807) is 0 Å². The van der Waals surface area contributed by atoms with Crippen molar-refractivity contribution in [2.24, 2.45) is 0 Å². The minimum Gasteiger partial charge on any atom is -0.512 e. The van der Waals surface area contributed by atoms with Crippen molar-refractivity contribution in [2.45, 2.75) is 12.4 Å². The molecule has 12 heteroatoms. The maximum Gasteiger partial charge on any atom is 0.707 e. The molecule has 0 aromatic heterocycles. The summed E-state index contributed by atoms with van der Waals surface area (Å²) in [6.45, 7) is 0. The van der Waals surface area contributed by atoms with Gasteiger partial charge in [-0.1, -0.05) is 0 Å². The van der Waals surface area contributed by atoms with Crippen molar-refractivity contribution in [1.29, 1.82) is 0 Å². The van der Waals surface area contributed by atoms with Gasteiger partial charge in [0.05, 0.1) is 11.1 Å². The first-order chi connectivity index (χ1) is 8.00. The number of hydrogen-bond donors (Lipinski definition) is 4. The number of benzene rings is 1. The van der Waals surface area contributed by atoms with Gasteiger partial charge in [-0.2, -0.15) is 26.3 Å². The zero-order valence-electron chi connectivity index (χ0n) is 9.79. The Morgan fingerprint density at radius 1 is 0.800 bits per heavy atom. The topological polar surface area (TPSA) is 120 Å². The summed E-state index contributed by atoms with van der Waals surface area (Å²) in [5, 5.41) is 16.7. The lowest BCUT2D eigenvalue weighted by Crippen LogP contribution is -2.21. The second kappa shape index (κ2) is 6.79. The molecule has 0 aliphatic rings. The highest BCUT2D eigenvalue weighted by Gasteiger charge is 2.37. The Bertz CT molecular complexity index is 405. The summed E-state index contributed by atoms with van der Waals surface area (Å²) < 4.78 is 78.0. The van der Waals surface area contributed by atoms with Gasteiger partial charge in [0.1, 0.15) is 5.75 Å². The number of rotatable bonds is 2. The van der Waals surface area contributed by atoms with E-state index in [1.165, 1.54) is 0 Å². The molecule has 1 rings (SSSR count). The van der Waals surface area contributed by atoms with Gasteiger partial charge in [-0.15, -0.1) is 0 Å². The molecule has 20 heavy (non-hydrogen) atoms. The second-order valence-electron chi connectivity index (χ2n) is 3.19. The van der Waals surface area contributed by atoms with Crippen LogP contribution in [0.3, 0.4) is 0 Å². The van der Waals surface area contributed by atoms with Gasteiger partial charge in [-0.05, 0) is 18.2 Å². The van der Waals surface area contributed by atoms with Crippen molar-refractivity contribution in [2.75, 3.05) is 0 Å². The number of alkyl halides is 6. The molecular formula is C8H11BF6N2O3. The molecule has 0 spiro atoms. The van der Waals surface area contributed by atoms with Crippen molar-refractivity contribution in [1.82, 2.24) is 12.3 Å². The normalized spacial score (nSPS) is 11.2. The van der Waals surface area contributed by atoms with E-state index in [-0.39, 0.29) is 30.5 Å². The van der Waals surface area contributed by atoms with Crippen LogP contribution in [0.1, 0.15) is 11.1 Å². The molecule has 0 atom stereocenters. The van der Waals surface area contributed by atoms with E-state index in [4.69, 9.17) is 10.0 Å². The molecule has 8 N–H and O–H groups in total. The first-order valence-corrected chi connectivity index (χ1v) is 4.32. The molecule has 1 aromatic rings. The summed E-state index contributed by atoms with van der Waals surface area (Å²) in [4.78, 5) is 0. The highest BCUT2D eigenvalue weighted by Crippen LogP contribution is 2.38. The van der Waals surface area contributed by atoms with Crippen LogP contribution in [0.25, 0.3) is 0 Å². The average Bonchev–Trinajstić information content (AvgIpc) is 2.13. The average molecular weight is 308 g/mol. The molecular weight excluding hydrogens is 297 g/mol. The Morgan fingerprint density at radius 2 is 1.15 bits per heavy atom. The predicted octanol–water partition coefficient (Wildman–Crippen LogP) is 2.40. The van der Waals surface area contributed by atoms with Gasteiger partial charge in [-0.25, -0.2) is 0 Å². The molecule has 0 radical (unpaired) electrons. The minimum absolute atomic E-state index is 0. The zero-order chi connectivity index (χ0) is 14.1. The van der Waals surface area contributed by atoms with Gasteiger partial charge in [0.2, 0.25) is 0 Å². The fourth-order valence-corrected chi connectivity index (χ4v) is 1.12. The van der Waals surface area contributed by atoms with E-state index < -0.39 is 36.6 Å². The zero-order valence-corrected chi connectivity index (χ0v) is 9.79. The third-order valence-electron chi connectivity index (χ3n) is 1.80. The fourth-order valence-electron chi connectivity index (χ4n) is 1.12. The summed E-state index contributed by atoms with van der Waals surface area (Å²) in [6, 6.07) is 0.361. The monoisotopic (exact) mass is 308 g/mol. The van der Waals surface area contributed by atoms with Crippen molar-refractivity contribution >= 4 is 7.32 Å². The lowest BCUT2D eigenvalue weighted by molar-refractivity contribution is -0.143. The molecule has 0 aliphatic carbocycles. The summed E-state index contributed by atoms with van der Waals surface area (Å²) in [6.07, 6.45) is -10.0. The van der Waals surface area contributed by atoms with Crippen LogP contribution in [-0.4, -0.2) is 17.4 Å². The van der Waals surface area contributed by atoms with E-state index in [1.807, 2.05) is 0 Å². The third-order valence-corrected chi connectivity index (χ3v) is 1.80. The molecule has 5 nitrogen and oxygen atoms in total. The largest absolute Gasteiger partial charge is 0.707 e. The van der Waals surface area contributed by atoms with E-state index in [0.717, 1.165) is 0 Å². The molecule has 1 aromatic carbocycles. The maximum absolute atomic E-state index is 12.3. The van der Waals surface area contributed by atoms with Gasteiger partial charge >= 0.3 is 19.7 Å². The van der Waals surface area contributed by atoms with Crippen molar-refractivity contribution in [3.8, 4) is 5.75 Å². The highest BCUT2D eigenvalue weighted by molar-refractivity contribution is 6.33. The molecule has 0 heterocycles. The number of halogens is 6. The molecule has 0 saturated carbocycles. The van der Waals surface area contributed by atoms with Crippen LogP contribution in [0.2, 0.25) is 0 Å². The smallest absolute Gasteiger partial charge is 0.512 e. The first-order valence-electron chi connectivity index (χ1n) is 4.32. The summed E-state index contributed by atoms with van der Waals surface area (Å²) in [5.74, 6) is -0.952. The maximum atomic E-state index is 12.3. The van der Waals surface area contributed by atoms with E-state index in [0.29, 0.717) is 0 Å². The van der Waals surface area contributed by atoms with Gasteiger partial charge in [-0.3, -0.25) is 0 Å². The Hall–Kier alpha value is -1.50. The van der Waals surface area contributed by atoms with Crippen LogP contribution in [0, 0.1) is 0 Å². The van der Waals surface area contributed by atoms with E-state index >= 15 is 0 Å². The quantitative estimate of drug-likeness (QED) is 0.494. The summed E-state index contributed by atoms with van der Waals surface area (Å²) in [7, 11) is -2.52. The molecule has 116 valence electrons. The van der Waals surface area contributed by atoms with Gasteiger partial charge in [0.25, 0.3) is 0 Å². The van der Waals surface area contributed by atoms with Crippen LogP contribution in [-0.2, 0) is 12.4 Å². The Balaban J connectivity index is 0. The van der Waals surface area contributed by atoms with Crippen LogP contribution in [0.15, 0.2) is 18.2 Å². The van der Waals surface area contributed by atoms with Gasteiger partial charge in [0.15, 0.2) is 0 Å². The standard InChI is InChI=1S/C8H5BF6O3.2H3N/c10-7(11,12)4-1-5(8(13,14)15)3-6(2-4)18-9(16)17;;/h1-3,16-17H;2*1H3.